The zero-order chi connectivity index (χ0) is 22.1. The number of imidazole rings is 1. The smallest absolute Gasteiger partial charge is 0.320 e. The Labute approximate surface area is 178 Å². The molecule has 0 aliphatic carbocycles. The van der Waals surface area contributed by atoms with Crippen molar-refractivity contribution in [3.63, 3.8) is 0 Å². The van der Waals surface area contributed by atoms with Gasteiger partial charge in [-0.2, -0.15) is 10.1 Å². The highest BCUT2D eigenvalue weighted by Gasteiger charge is 2.22. The minimum absolute atomic E-state index is 0.271. The summed E-state index contributed by atoms with van der Waals surface area (Å²) in [7, 11) is 0. The standard InChI is InChI=1S/C22H32N6O2/c1-14(2)12-24-17-11-16(27-28-10-9-23-18(17)28)15-13-25-20(30-22(6,7)8)26-19(15)29-21(3,4)5/h9-11,13-14,24H,12H2,1-8H3. The van der Waals surface area contributed by atoms with Crippen LogP contribution in [0.4, 0.5) is 5.69 Å². The second-order valence-electron chi connectivity index (χ2n) is 9.71. The maximum Gasteiger partial charge on any atom is 0.320 e. The first-order valence-corrected chi connectivity index (χ1v) is 10.2. The number of ether oxygens (including phenoxy) is 2. The van der Waals surface area contributed by atoms with Crippen LogP contribution in [0.3, 0.4) is 0 Å². The Morgan fingerprint density at radius 1 is 1.03 bits per heavy atom. The van der Waals surface area contributed by atoms with Crippen LogP contribution in [0.25, 0.3) is 16.9 Å². The van der Waals surface area contributed by atoms with E-state index in [1.54, 1.807) is 16.9 Å². The van der Waals surface area contributed by atoms with Crippen LogP contribution in [0.2, 0.25) is 0 Å². The molecule has 0 unspecified atom stereocenters. The van der Waals surface area contributed by atoms with Crippen LogP contribution >= 0.6 is 0 Å². The number of anilines is 1. The number of nitrogens with one attached hydrogen (secondary N) is 1. The largest absolute Gasteiger partial charge is 0.471 e. The molecule has 0 saturated heterocycles. The molecule has 0 bridgehead atoms. The van der Waals surface area contributed by atoms with Crippen molar-refractivity contribution in [3.8, 4) is 23.1 Å². The summed E-state index contributed by atoms with van der Waals surface area (Å²) < 4.78 is 13.8. The summed E-state index contributed by atoms with van der Waals surface area (Å²) >= 11 is 0. The number of rotatable bonds is 6. The zero-order valence-corrected chi connectivity index (χ0v) is 19.1. The fraction of sp³-hybridized carbons (Fsp3) is 0.545. The van der Waals surface area contributed by atoms with Crippen molar-refractivity contribution in [1.29, 1.82) is 0 Å². The van der Waals surface area contributed by atoms with Crippen molar-refractivity contribution >= 4 is 11.3 Å². The fourth-order valence-corrected chi connectivity index (χ4v) is 2.71. The highest BCUT2D eigenvalue weighted by molar-refractivity contribution is 5.75. The van der Waals surface area contributed by atoms with Crippen LogP contribution in [0.1, 0.15) is 55.4 Å². The number of aromatic nitrogens is 5. The SMILES string of the molecule is CC(C)CNc1cc(-c2cnc(OC(C)(C)C)nc2OC(C)(C)C)nn2ccnc12. The second-order valence-corrected chi connectivity index (χ2v) is 9.71. The van der Waals surface area contributed by atoms with Gasteiger partial charge in [-0.1, -0.05) is 13.8 Å². The monoisotopic (exact) mass is 412 g/mol. The number of nitrogens with zero attached hydrogens (tertiary/aromatic N) is 5. The van der Waals surface area contributed by atoms with Crippen LogP contribution in [-0.2, 0) is 0 Å². The Hall–Kier alpha value is -2.90. The first kappa shape index (κ1) is 21.8. The Kier molecular flexibility index (Phi) is 5.87. The van der Waals surface area contributed by atoms with Crippen molar-refractivity contribution in [2.24, 2.45) is 5.92 Å². The molecule has 0 atom stereocenters. The molecule has 3 rings (SSSR count). The van der Waals surface area contributed by atoms with Gasteiger partial charge in [0.15, 0.2) is 5.65 Å². The molecule has 0 aliphatic heterocycles. The average Bonchev–Trinajstić information content (AvgIpc) is 3.05. The molecule has 0 saturated carbocycles. The van der Waals surface area contributed by atoms with Crippen molar-refractivity contribution in [3.05, 3.63) is 24.7 Å². The van der Waals surface area contributed by atoms with Gasteiger partial charge in [-0.3, -0.25) is 0 Å². The lowest BCUT2D eigenvalue weighted by atomic mass is 10.1. The van der Waals surface area contributed by atoms with Gasteiger partial charge in [-0.25, -0.2) is 14.5 Å². The minimum Gasteiger partial charge on any atom is -0.471 e. The fourth-order valence-electron chi connectivity index (χ4n) is 2.71. The van der Waals surface area contributed by atoms with E-state index in [-0.39, 0.29) is 6.01 Å². The molecule has 0 spiro atoms. The zero-order valence-electron chi connectivity index (χ0n) is 19.1. The Bertz CT molecular complexity index is 1010. The van der Waals surface area contributed by atoms with E-state index in [2.05, 4.69) is 34.1 Å². The number of hydrogen-bond acceptors (Lipinski definition) is 7. The Morgan fingerprint density at radius 3 is 2.37 bits per heavy atom. The molecule has 8 heteroatoms. The number of hydrogen-bond donors (Lipinski definition) is 1. The molecule has 1 N–H and O–H groups in total. The van der Waals surface area contributed by atoms with E-state index >= 15 is 0 Å². The maximum atomic E-state index is 6.16. The summed E-state index contributed by atoms with van der Waals surface area (Å²) in [4.78, 5) is 13.4. The van der Waals surface area contributed by atoms with E-state index in [9.17, 15) is 0 Å². The van der Waals surface area contributed by atoms with E-state index in [4.69, 9.17) is 14.6 Å². The molecule has 3 heterocycles. The van der Waals surface area contributed by atoms with Crippen molar-refractivity contribution in [1.82, 2.24) is 24.6 Å². The normalized spacial score (nSPS) is 12.4. The topological polar surface area (TPSA) is 86.5 Å². The molecule has 3 aromatic rings. The minimum atomic E-state index is -0.445. The van der Waals surface area contributed by atoms with E-state index in [1.165, 1.54) is 0 Å². The highest BCUT2D eigenvalue weighted by Crippen LogP contribution is 2.33. The molecule has 0 aromatic carbocycles. The van der Waals surface area contributed by atoms with Crippen LogP contribution in [0, 0.1) is 5.92 Å². The predicted molar refractivity (Wildman–Crippen MR) is 118 cm³/mol. The van der Waals surface area contributed by atoms with Crippen molar-refractivity contribution in [2.75, 3.05) is 11.9 Å². The van der Waals surface area contributed by atoms with Crippen molar-refractivity contribution in [2.45, 2.75) is 66.6 Å². The quantitative estimate of drug-likeness (QED) is 0.633. The van der Waals surface area contributed by atoms with Gasteiger partial charge in [-0.15, -0.1) is 0 Å². The van der Waals surface area contributed by atoms with Gasteiger partial charge < -0.3 is 14.8 Å². The molecule has 0 amide bonds. The molecule has 30 heavy (non-hydrogen) atoms. The summed E-state index contributed by atoms with van der Waals surface area (Å²) in [5, 5.41) is 8.17. The predicted octanol–water partition coefficient (Wildman–Crippen LogP) is 4.61. The third kappa shape index (κ3) is 5.58. The number of fused-ring (bicyclic) bond motifs is 1. The van der Waals surface area contributed by atoms with E-state index in [0.29, 0.717) is 23.1 Å². The van der Waals surface area contributed by atoms with Gasteiger partial charge in [0.25, 0.3) is 0 Å². The summed E-state index contributed by atoms with van der Waals surface area (Å²) in [6, 6.07) is 2.23. The van der Waals surface area contributed by atoms with E-state index < -0.39 is 11.2 Å². The molecule has 3 aromatic heterocycles. The third-order valence-corrected chi connectivity index (χ3v) is 3.87. The van der Waals surface area contributed by atoms with Gasteiger partial charge in [0.2, 0.25) is 5.88 Å². The van der Waals surface area contributed by atoms with E-state index in [0.717, 1.165) is 17.9 Å². The molecular weight excluding hydrogens is 380 g/mol. The van der Waals surface area contributed by atoms with E-state index in [1.807, 2.05) is 53.8 Å². The third-order valence-electron chi connectivity index (χ3n) is 3.87. The summed E-state index contributed by atoms with van der Waals surface area (Å²) in [6.45, 7) is 16.9. The van der Waals surface area contributed by atoms with Gasteiger partial charge in [0.1, 0.15) is 16.9 Å². The van der Waals surface area contributed by atoms with Gasteiger partial charge in [0, 0.05) is 25.1 Å². The lowest BCUT2D eigenvalue weighted by Crippen LogP contribution is -2.26. The summed E-state index contributed by atoms with van der Waals surface area (Å²) in [5.41, 5.74) is 2.19. The van der Waals surface area contributed by atoms with Gasteiger partial charge in [0.05, 0.1) is 11.3 Å². The summed E-state index contributed by atoms with van der Waals surface area (Å²) in [5.74, 6) is 0.923. The van der Waals surface area contributed by atoms with Crippen LogP contribution in [-0.4, -0.2) is 42.3 Å². The Balaban J connectivity index is 2.10. The first-order chi connectivity index (χ1) is 13.9. The lowest BCUT2D eigenvalue weighted by molar-refractivity contribution is 0.103. The van der Waals surface area contributed by atoms with Crippen LogP contribution in [0.5, 0.6) is 11.9 Å². The Morgan fingerprint density at radius 2 is 1.73 bits per heavy atom. The average molecular weight is 413 g/mol. The van der Waals surface area contributed by atoms with Crippen LogP contribution in [0.15, 0.2) is 24.7 Å². The van der Waals surface area contributed by atoms with Crippen molar-refractivity contribution < 1.29 is 9.47 Å². The molecule has 0 radical (unpaired) electrons. The molecule has 8 nitrogen and oxygen atoms in total. The molecule has 162 valence electrons. The van der Waals surface area contributed by atoms with Gasteiger partial charge >= 0.3 is 6.01 Å². The lowest BCUT2D eigenvalue weighted by Gasteiger charge is -2.24. The summed E-state index contributed by atoms with van der Waals surface area (Å²) in [6.07, 6.45) is 5.25. The molecule has 0 aliphatic rings. The highest BCUT2D eigenvalue weighted by atomic mass is 16.5. The molecule has 0 fully saturated rings. The van der Waals surface area contributed by atoms with Gasteiger partial charge in [-0.05, 0) is 53.5 Å². The second kappa shape index (κ2) is 8.08. The van der Waals surface area contributed by atoms with Crippen LogP contribution < -0.4 is 14.8 Å². The maximum absolute atomic E-state index is 6.16. The first-order valence-electron chi connectivity index (χ1n) is 10.2. The molecular formula is C22H32N6O2.